The number of benzene rings is 3. The third-order valence-electron chi connectivity index (χ3n) is 6.19. The topological polar surface area (TPSA) is 37.4 Å². The van der Waals surface area contributed by atoms with Crippen LogP contribution in [0.4, 0.5) is 10.1 Å². The summed E-state index contributed by atoms with van der Waals surface area (Å²) >= 11 is 0. The first-order chi connectivity index (χ1) is 13.6. The molecule has 2 amide bonds. The molecule has 0 unspecified atom stereocenters. The van der Waals surface area contributed by atoms with E-state index in [1.165, 1.54) is 29.2 Å². The number of imide groups is 1. The molecule has 3 aromatic rings. The average molecular weight is 371 g/mol. The summed E-state index contributed by atoms with van der Waals surface area (Å²) in [6.07, 6.45) is 0.753. The van der Waals surface area contributed by atoms with Gasteiger partial charge in [-0.1, -0.05) is 60.7 Å². The molecule has 0 N–H and O–H groups in total. The molecule has 0 bridgehead atoms. The van der Waals surface area contributed by atoms with Gasteiger partial charge in [0.2, 0.25) is 11.8 Å². The predicted octanol–water partition coefficient (Wildman–Crippen LogP) is 4.47. The summed E-state index contributed by atoms with van der Waals surface area (Å²) in [5.74, 6) is -0.825. The second-order valence-electron chi connectivity index (χ2n) is 7.58. The van der Waals surface area contributed by atoms with E-state index in [2.05, 4.69) is 0 Å². The van der Waals surface area contributed by atoms with Gasteiger partial charge in [-0.3, -0.25) is 14.5 Å². The van der Waals surface area contributed by atoms with Crippen LogP contribution in [0.3, 0.4) is 0 Å². The van der Waals surface area contributed by atoms with Crippen LogP contribution in [0.25, 0.3) is 0 Å². The molecule has 0 radical (unpaired) electrons. The van der Waals surface area contributed by atoms with E-state index in [0.29, 0.717) is 12.1 Å². The van der Waals surface area contributed by atoms with Gasteiger partial charge in [0.1, 0.15) is 5.82 Å². The van der Waals surface area contributed by atoms with E-state index < -0.39 is 16.6 Å². The van der Waals surface area contributed by atoms with Crippen molar-refractivity contribution in [3.8, 4) is 0 Å². The normalized spacial score (nSPS) is 22.7. The minimum atomic E-state index is -0.790. The largest absolute Gasteiger partial charge is 0.274 e. The minimum absolute atomic E-state index is 0.160. The van der Waals surface area contributed by atoms with Gasteiger partial charge >= 0.3 is 0 Å². The number of halogens is 1. The molecule has 2 fully saturated rings. The van der Waals surface area contributed by atoms with Crippen LogP contribution in [0.2, 0.25) is 0 Å². The number of rotatable bonds is 3. The number of hydrogen-bond donors (Lipinski definition) is 0. The molecule has 5 rings (SSSR count). The van der Waals surface area contributed by atoms with Crippen molar-refractivity contribution in [2.75, 3.05) is 4.90 Å². The first-order valence-corrected chi connectivity index (χ1v) is 9.32. The number of carbonyl (C=O) groups is 2. The molecule has 138 valence electrons. The summed E-state index contributed by atoms with van der Waals surface area (Å²) < 4.78 is 13.3. The van der Waals surface area contributed by atoms with Crippen molar-refractivity contribution >= 4 is 17.5 Å². The van der Waals surface area contributed by atoms with Gasteiger partial charge < -0.3 is 0 Å². The lowest BCUT2D eigenvalue weighted by molar-refractivity contribution is -0.123. The van der Waals surface area contributed by atoms with Crippen molar-refractivity contribution < 1.29 is 14.0 Å². The smallest absolute Gasteiger partial charge is 0.241 e. The van der Waals surface area contributed by atoms with Crippen molar-refractivity contribution in [1.82, 2.24) is 0 Å². The van der Waals surface area contributed by atoms with Crippen molar-refractivity contribution in [2.45, 2.75) is 18.3 Å². The zero-order valence-corrected chi connectivity index (χ0v) is 15.1. The third-order valence-corrected chi connectivity index (χ3v) is 6.19. The van der Waals surface area contributed by atoms with Gasteiger partial charge in [-0.05, 0) is 41.8 Å². The van der Waals surface area contributed by atoms with Crippen molar-refractivity contribution in [3.63, 3.8) is 0 Å². The van der Waals surface area contributed by atoms with Gasteiger partial charge in [-0.25, -0.2) is 4.39 Å². The maximum atomic E-state index is 13.6. The lowest BCUT2D eigenvalue weighted by atomic mass is 9.79. The molecule has 1 saturated carbocycles. The molecule has 0 aromatic heterocycles. The van der Waals surface area contributed by atoms with Gasteiger partial charge in [0.05, 0.1) is 11.1 Å². The van der Waals surface area contributed by atoms with Crippen LogP contribution >= 0.6 is 0 Å². The predicted molar refractivity (Wildman–Crippen MR) is 104 cm³/mol. The van der Waals surface area contributed by atoms with Crippen molar-refractivity contribution in [3.05, 3.63) is 102 Å². The summed E-state index contributed by atoms with van der Waals surface area (Å²) in [6, 6.07) is 25.4. The summed E-state index contributed by atoms with van der Waals surface area (Å²) in [6.45, 7) is 0. The van der Waals surface area contributed by atoms with E-state index in [4.69, 9.17) is 0 Å². The van der Waals surface area contributed by atoms with E-state index in [1.807, 2.05) is 60.7 Å². The Hall–Kier alpha value is -3.27. The Labute approximate surface area is 162 Å². The van der Waals surface area contributed by atoms with Crippen LogP contribution in [0, 0.1) is 11.2 Å². The van der Waals surface area contributed by atoms with Crippen LogP contribution in [0.15, 0.2) is 84.9 Å². The number of hydrogen-bond acceptors (Lipinski definition) is 2. The molecule has 3 aromatic carbocycles. The Morgan fingerprint density at radius 1 is 0.750 bits per heavy atom. The molecule has 1 heterocycles. The van der Waals surface area contributed by atoms with E-state index in [0.717, 1.165) is 11.1 Å². The number of nitrogens with zero attached hydrogens (tertiary/aromatic N) is 1. The molecular formula is C24H18FNO2. The minimum Gasteiger partial charge on any atom is -0.274 e. The highest BCUT2D eigenvalue weighted by Crippen LogP contribution is 2.72. The molecule has 1 aliphatic heterocycles. The van der Waals surface area contributed by atoms with Crippen LogP contribution < -0.4 is 4.90 Å². The average Bonchev–Trinajstić information content (AvgIpc) is 3.34. The van der Waals surface area contributed by atoms with Crippen LogP contribution in [0.5, 0.6) is 0 Å². The zero-order chi connectivity index (χ0) is 19.4. The van der Waals surface area contributed by atoms with Crippen molar-refractivity contribution in [2.24, 2.45) is 5.41 Å². The molecule has 3 nitrogen and oxygen atoms in total. The SMILES string of the molecule is O=C1C[C@]2(CC2(c2ccccc2)c2ccccc2)C(=O)N1c1ccc(F)cc1. The molecule has 1 atom stereocenters. The van der Waals surface area contributed by atoms with E-state index in [1.54, 1.807) is 0 Å². The van der Waals surface area contributed by atoms with Crippen LogP contribution in [-0.4, -0.2) is 11.8 Å². The highest BCUT2D eigenvalue weighted by Gasteiger charge is 2.77. The second-order valence-corrected chi connectivity index (χ2v) is 7.58. The van der Waals surface area contributed by atoms with Gasteiger partial charge in [0, 0.05) is 11.8 Å². The highest BCUT2D eigenvalue weighted by molar-refractivity contribution is 6.25. The van der Waals surface area contributed by atoms with E-state index in [9.17, 15) is 14.0 Å². The molecule has 28 heavy (non-hydrogen) atoms. The molecular weight excluding hydrogens is 353 g/mol. The molecule has 1 spiro atoms. The molecule has 1 saturated heterocycles. The number of amides is 2. The summed E-state index contributed by atoms with van der Waals surface area (Å²) in [7, 11) is 0. The second kappa shape index (κ2) is 5.86. The maximum Gasteiger partial charge on any atom is 0.241 e. The zero-order valence-electron chi connectivity index (χ0n) is 15.1. The maximum absolute atomic E-state index is 13.6. The number of carbonyl (C=O) groups excluding carboxylic acids is 2. The van der Waals surface area contributed by atoms with E-state index >= 15 is 0 Å². The first-order valence-electron chi connectivity index (χ1n) is 9.32. The molecule has 4 heteroatoms. The monoisotopic (exact) mass is 371 g/mol. The van der Waals surface area contributed by atoms with E-state index in [-0.39, 0.29) is 18.2 Å². The Morgan fingerprint density at radius 3 is 1.82 bits per heavy atom. The van der Waals surface area contributed by atoms with Gasteiger partial charge in [0.25, 0.3) is 0 Å². The van der Waals surface area contributed by atoms with Gasteiger partial charge in [0.15, 0.2) is 0 Å². The fourth-order valence-corrected chi connectivity index (χ4v) is 4.84. The lowest BCUT2D eigenvalue weighted by Gasteiger charge is -2.23. The summed E-state index contributed by atoms with van der Waals surface area (Å²) in [5, 5.41) is 0. The quantitative estimate of drug-likeness (QED) is 0.637. The fourth-order valence-electron chi connectivity index (χ4n) is 4.84. The highest BCUT2D eigenvalue weighted by atomic mass is 19.1. The molecule has 1 aliphatic carbocycles. The molecule has 2 aliphatic rings. The lowest BCUT2D eigenvalue weighted by Crippen LogP contribution is -2.33. The Morgan fingerprint density at radius 2 is 1.29 bits per heavy atom. The van der Waals surface area contributed by atoms with Crippen molar-refractivity contribution in [1.29, 1.82) is 0 Å². The summed E-state index contributed by atoms with van der Waals surface area (Å²) in [4.78, 5) is 27.7. The first kappa shape index (κ1) is 16.9. The number of anilines is 1. The Balaban J connectivity index is 1.63. The van der Waals surface area contributed by atoms with Gasteiger partial charge in [-0.15, -0.1) is 0 Å². The van der Waals surface area contributed by atoms with Crippen LogP contribution in [-0.2, 0) is 15.0 Å². The standard InChI is InChI=1S/C24H18FNO2/c25-19-11-13-20(14-12-19)26-21(27)15-23(22(26)28)16-24(23,17-7-3-1-4-8-17)18-9-5-2-6-10-18/h1-14H,15-16H2/t23-/m0/s1. The van der Waals surface area contributed by atoms with Gasteiger partial charge in [-0.2, -0.15) is 0 Å². The fraction of sp³-hybridized carbons (Fsp3) is 0.167. The Bertz CT molecular complexity index is 1020. The summed E-state index contributed by atoms with van der Waals surface area (Å²) in [5.41, 5.74) is 1.21. The van der Waals surface area contributed by atoms with Crippen LogP contribution in [0.1, 0.15) is 24.0 Å². The Kier molecular flexibility index (Phi) is 3.53. The third kappa shape index (κ3) is 2.15.